The third-order valence-corrected chi connectivity index (χ3v) is 6.81. The van der Waals surface area contributed by atoms with Crippen LogP contribution in [0.1, 0.15) is 71.2 Å². The van der Waals surface area contributed by atoms with Crippen LogP contribution in [0.2, 0.25) is 0 Å². The zero-order chi connectivity index (χ0) is 25.3. The average Bonchev–Trinajstić information content (AvgIpc) is 3.42. The molecule has 2 N–H and O–H groups in total. The smallest absolute Gasteiger partial charge is 0.407 e. The Balaban J connectivity index is 1.26. The van der Waals surface area contributed by atoms with Crippen molar-refractivity contribution < 1.29 is 14.3 Å². The largest absolute Gasteiger partial charge is 0.444 e. The van der Waals surface area contributed by atoms with E-state index in [-0.39, 0.29) is 24.4 Å². The first-order valence-corrected chi connectivity index (χ1v) is 12.9. The minimum atomic E-state index is -0.501. The summed E-state index contributed by atoms with van der Waals surface area (Å²) in [5.41, 5.74) is 3.46. The van der Waals surface area contributed by atoms with Gasteiger partial charge in [-0.15, -0.1) is 0 Å². The number of aromatic nitrogens is 4. The number of nitrogens with one attached hydrogen (secondary N) is 2. The van der Waals surface area contributed by atoms with Crippen molar-refractivity contribution in [2.75, 3.05) is 11.9 Å². The Hall–Kier alpha value is -3.20. The number of carbonyl (C=O) groups excluding carboxylic acids is 1. The van der Waals surface area contributed by atoms with E-state index >= 15 is 0 Å². The zero-order valence-corrected chi connectivity index (χ0v) is 21.6. The van der Waals surface area contributed by atoms with Crippen molar-refractivity contribution in [1.29, 1.82) is 0 Å². The molecule has 9 nitrogen and oxygen atoms in total. The van der Waals surface area contributed by atoms with E-state index in [0.29, 0.717) is 5.95 Å². The quantitative estimate of drug-likeness (QED) is 0.494. The minimum absolute atomic E-state index is 0.0181. The SMILES string of the molecule is Cc1c2cc(-c3ccnc(N[C@H]4CC[C@H](NC(=O)OC(C)(C)C)C4)n3)ccc2nn1C1CCCCO1. The molecule has 1 saturated carbocycles. The molecule has 2 aromatic heterocycles. The van der Waals surface area contributed by atoms with Crippen LogP contribution in [0.5, 0.6) is 0 Å². The molecule has 3 atom stereocenters. The van der Waals surface area contributed by atoms with Crippen LogP contribution in [0.25, 0.3) is 22.2 Å². The van der Waals surface area contributed by atoms with Gasteiger partial charge in [0.2, 0.25) is 5.95 Å². The van der Waals surface area contributed by atoms with Crippen LogP contribution >= 0.6 is 0 Å². The lowest BCUT2D eigenvalue weighted by molar-refractivity contribution is -0.0402. The summed E-state index contributed by atoms with van der Waals surface area (Å²) in [6.45, 7) is 8.50. The lowest BCUT2D eigenvalue weighted by atomic mass is 10.1. The van der Waals surface area contributed by atoms with E-state index in [1.54, 1.807) is 6.20 Å². The monoisotopic (exact) mass is 492 g/mol. The van der Waals surface area contributed by atoms with Gasteiger partial charge in [0.1, 0.15) is 11.8 Å². The van der Waals surface area contributed by atoms with Crippen molar-refractivity contribution in [3.63, 3.8) is 0 Å². The molecule has 192 valence electrons. The fraction of sp³-hybridized carbons (Fsp3) is 0.556. The van der Waals surface area contributed by atoms with Crippen molar-refractivity contribution in [2.24, 2.45) is 0 Å². The van der Waals surface area contributed by atoms with Crippen LogP contribution in [0.4, 0.5) is 10.7 Å². The van der Waals surface area contributed by atoms with Gasteiger partial charge in [0.05, 0.1) is 11.2 Å². The number of alkyl carbamates (subject to hydrolysis) is 1. The molecule has 1 saturated heterocycles. The first-order valence-electron chi connectivity index (χ1n) is 12.9. The number of ether oxygens (including phenoxy) is 2. The second kappa shape index (κ2) is 10.0. The molecule has 36 heavy (non-hydrogen) atoms. The minimum Gasteiger partial charge on any atom is -0.444 e. The number of hydrogen-bond donors (Lipinski definition) is 2. The molecule has 1 aromatic carbocycles. The van der Waals surface area contributed by atoms with E-state index in [0.717, 1.165) is 66.6 Å². The third-order valence-electron chi connectivity index (χ3n) is 6.81. The Bertz CT molecular complexity index is 1230. The first kappa shape index (κ1) is 24.5. The van der Waals surface area contributed by atoms with Gasteiger partial charge in [-0.25, -0.2) is 19.4 Å². The summed E-state index contributed by atoms with van der Waals surface area (Å²) in [7, 11) is 0. The summed E-state index contributed by atoms with van der Waals surface area (Å²) in [5.74, 6) is 0.596. The Labute approximate surface area is 212 Å². The number of nitrogens with zero attached hydrogens (tertiary/aromatic N) is 4. The second-order valence-corrected chi connectivity index (χ2v) is 10.8. The Morgan fingerprint density at radius 2 is 1.97 bits per heavy atom. The van der Waals surface area contributed by atoms with Gasteiger partial charge < -0.3 is 20.1 Å². The Morgan fingerprint density at radius 1 is 1.14 bits per heavy atom. The molecule has 0 bridgehead atoms. The summed E-state index contributed by atoms with van der Waals surface area (Å²) in [5, 5.41) is 12.4. The van der Waals surface area contributed by atoms with Crippen molar-refractivity contribution in [3.05, 3.63) is 36.2 Å². The predicted molar refractivity (Wildman–Crippen MR) is 139 cm³/mol. The molecule has 3 aromatic rings. The fourth-order valence-corrected chi connectivity index (χ4v) is 5.07. The molecule has 0 spiro atoms. The van der Waals surface area contributed by atoms with Crippen molar-refractivity contribution >= 4 is 22.9 Å². The fourth-order valence-electron chi connectivity index (χ4n) is 5.07. The van der Waals surface area contributed by atoms with E-state index in [2.05, 4.69) is 40.7 Å². The van der Waals surface area contributed by atoms with Crippen LogP contribution in [0.3, 0.4) is 0 Å². The number of rotatable bonds is 5. The molecule has 1 aliphatic heterocycles. The molecule has 3 heterocycles. The maximum Gasteiger partial charge on any atom is 0.407 e. The highest BCUT2D eigenvalue weighted by Crippen LogP contribution is 2.30. The summed E-state index contributed by atoms with van der Waals surface area (Å²) in [6, 6.07) is 8.46. The second-order valence-electron chi connectivity index (χ2n) is 10.8. The van der Waals surface area contributed by atoms with Gasteiger partial charge in [-0.2, -0.15) is 5.10 Å². The summed E-state index contributed by atoms with van der Waals surface area (Å²) < 4.78 is 13.4. The maximum atomic E-state index is 12.1. The number of fused-ring (bicyclic) bond motifs is 1. The molecular weight excluding hydrogens is 456 g/mol. The van der Waals surface area contributed by atoms with Gasteiger partial charge in [-0.1, -0.05) is 6.07 Å². The average molecular weight is 493 g/mol. The highest BCUT2D eigenvalue weighted by atomic mass is 16.6. The molecule has 1 amide bonds. The number of carbonyl (C=O) groups is 1. The number of hydrogen-bond acceptors (Lipinski definition) is 7. The van der Waals surface area contributed by atoms with E-state index < -0.39 is 5.60 Å². The standard InChI is InChI=1S/C27H36N6O3/c1-17-21-15-18(8-11-23(21)32-33(17)24-7-5-6-14-35-24)22-12-13-28-25(31-22)29-19-9-10-20(16-19)30-26(34)36-27(2,3)4/h8,11-13,15,19-20,24H,5-7,9-10,14,16H2,1-4H3,(H,30,34)(H,28,29,31)/t19-,20-,24?/m0/s1. The number of amides is 1. The van der Waals surface area contributed by atoms with Gasteiger partial charge in [0, 0.05) is 41.5 Å². The molecule has 2 fully saturated rings. The van der Waals surface area contributed by atoms with Crippen LogP contribution in [-0.4, -0.2) is 50.1 Å². The third kappa shape index (κ3) is 5.61. The van der Waals surface area contributed by atoms with Gasteiger partial charge >= 0.3 is 6.09 Å². The lowest BCUT2D eigenvalue weighted by Gasteiger charge is -2.23. The van der Waals surface area contributed by atoms with E-state index in [1.807, 2.05) is 31.5 Å². The van der Waals surface area contributed by atoms with Crippen molar-refractivity contribution in [3.8, 4) is 11.3 Å². The molecule has 1 aliphatic carbocycles. The molecule has 0 radical (unpaired) electrons. The van der Waals surface area contributed by atoms with Gasteiger partial charge in [0.25, 0.3) is 0 Å². The zero-order valence-electron chi connectivity index (χ0n) is 21.6. The molecular formula is C27H36N6O3. The predicted octanol–water partition coefficient (Wildman–Crippen LogP) is 5.36. The van der Waals surface area contributed by atoms with Gasteiger partial charge in [0.15, 0.2) is 0 Å². The highest BCUT2D eigenvalue weighted by Gasteiger charge is 2.28. The first-order chi connectivity index (χ1) is 17.2. The Kier molecular flexibility index (Phi) is 6.83. The van der Waals surface area contributed by atoms with Crippen LogP contribution < -0.4 is 10.6 Å². The number of benzene rings is 1. The number of anilines is 1. The van der Waals surface area contributed by atoms with Crippen molar-refractivity contribution in [1.82, 2.24) is 25.1 Å². The van der Waals surface area contributed by atoms with E-state index in [1.165, 1.54) is 6.42 Å². The van der Waals surface area contributed by atoms with Crippen LogP contribution in [0, 0.1) is 6.92 Å². The number of aryl methyl sites for hydroxylation is 1. The topological polar surface area (TPSA) is 103 Å². The van der Waals surface area contributed by atoms with Crippen LogP contribution in [0.15, 0.2) is 30.5 Å². The molecule has 1 unspecified atom stereocenters. The van der Waals surface area contributed by atoms with Crippen molar-refractivity contribution in [2.45, 2.75) is 90.1 Å². The normalized spacial score (nSPS) is 22.5. The molecule has 9 heteroatoms. The van der Waals surface area contributed by atoms with Crippen LogP contribution in [-0.2, 0) is 9.47 Å². The lowest BCUT2D eigenvalue weighted by Crippen LogP contribution is -2.38. The molecule has 2 aliphatic rings. The van der Waals surface area contributed by atoms with E-state index in [9.17, 15) is 4.79 Å². The summed E-state index contributed by atoms with van der Waals surface area (Å²) in [4.78, 5) is 21.3. The highest BCUT2D eigenvalue weighted by molar-refractivity contribution is 5.86. The Morgan fingerprint density at radius 3 is 2.75 bits per heavy atom. The summed E-state index contributed by atoms with van der Waals surface area (Å²) >= 11 is 0. The van der Waals surface area contributed by atoms with Gasteiger partial charge in [-0.3, -0.25) is 0 Å². The van der Waals surface area contributed by atoms with Gasteiger partial charge in [-0.05, 0) is 84.4 Å². The summed E-state index contributed by atoms with van der Waals surface area (Å²) in [6.07, 6.45) is 7.35. The molecule has 5 rings (SSSR count). The maximum absolute atomic E-state index is 12.1. The van der Waals surface area contributed by atoms with E-state index in [4.69, 9.17) is 19.6 Å².